The van der Waals surface area contributed by atoms with E-state index in [9.17, 15) is 43.2 Å². The second-order valence-electron chi connectivity index (χ2n) is 29.4. The highest BCUT2D eigenvalue weighted by Crippen LogP contribution is 2.45. The molecule has 0 aromatic carbocycles. The third-order valence-electron chi connectivity index (χ3n) is 18.2. The molecular formula is C77H150O17P2. The van der Waals surface area contributed by atoms with Crippen LogP contribution in [0.2, 0.25) is 0 Å². The Balaban J connectivity index is 5.22. The molecule has 0 rings (SSSR count). The normalized spacial score (nSPS) is 14.4. The lowest BCUT2D eigenvalue weighted by molar-refractivity contribution is -0.161. The van der Waals surface area contributed by atoms with Gasteiger partial charge in [0.25, 0.3) is 0 Å². The van der Waals surface area contributed by atoms with Crippen LogP contribution in [0.5, 0.6) is 0 Å². The van der Waals surface area contributed by atoms with Crippen LogP contribution < -0.4 is 0 Å². The Labute approximate surface area is 588 Å². The number of hydrogen-bond donors (Lipinski definition) is 3. The van der Waals surface area contributed by atoms with Gasteiger partial charge < -0.3 is 33.8 Å². The largest absolute Gasteiger partial charge is 0.472 e. The van der Waals surface area contributed by atoms with Crippen molar-refractivity contribution in [1.82, 2.24) is 0 Å². The Morgan fingerprint density at radius 2 is 0.500 bits per heavy atom. The van der Waals surface area contributed by atoms with Crippen LogP contribution in [0.1, 0.15) is 389 Å². The zero-order valence-corrected chi connectivity index (χ0v) is 64.8. The third-order valence-corrected chi connectivity index (χ3v) is 20.1. The predicted molar refractivity (Wildman–Crippen MR) is 391 cm³/mol. The van der Waals surface area contributed by atoms with Crippen LogP contribution in [0.4, 0.5) is 0 Å². The molecule has 6 atom stereocenters. The summed E-state index contributed by atoms with van der Waals surface area (Å²) in [6.45, 7) is 14.2. The molecule has 0 aliphatic carbocycles. The number of ether oxygens (including phenoxy) is 4. The van der Waals surface area contributed by atoms with Crippen LogP contribution in [0.3, 0.4) is 0 Å². The molecule has 0 spiro atoms. The molecule has 3 N–H and O–H groups in total. The number of phosphoric ester groups is 2. The summed E-state index contributed by atoms with van der Waals surface area (Å²) in [4.78, 5) is 72.8. The molecule has 0 aliphatic rings. The van der Waals surface area contributed by atoms with Crippen LogP contribution in [0, 0.1) is 23.7 Å². The summed E-state index contributed by atoms with van der Waals surface area (Å²) >= 11 is 0. The first kappa shape index (κ1) is 94.1. The van der Waals surface area contributed by atoms with E-state index in [0.29, 0.717) is 31.6 Å². The fourth-order valence-electron chi connectivity index (χ4n) is 11.7. The van der Waals surface area contributed by atoms with Crippen LogP contribution in [0.25, 0.3) is 0 Å². The smallest absolute Gasteiger partial charge is 0.462 e. The second kappa shape index (κ2) is 66.3. The lowest BCUT2D eigenvalue weighted by atomic mass is 10.00. The van der Waals surface area contributed by atoms with Crippen molar-refractivity contribution in [3.05, 3.63) is 0 Å². The van der Waals surface area contributed by atoms with Crippen LogP contribution >= 0.6 is 15.6 Å². The van der Waals surface area contributed by atoms with Gasteiger partial charge in [0, 0.05) is 25.7 Å². The van der Waals surface area contributed by atoms with E-state index >= 15 is 0 Å². The zero-order chi connectivity index (χ0) is 71.0. The number of hydrogen-bond acceptors (Lipinski definition) is 15. The molecule has 0 amide bonds. The molecule has 0 fully saturated rings. The van der Waals surface area contributed by atoms with Gasteiger partial charge in [-0.1, -0.05) is 338 Å². The van der Waals surface area contributed by atoms with Gasteiger partial charge in [-0.05, 0) is 49.4 Å². The van der Waals surface area contributed by atoms with E-state index < -0.39 is 97.5 Å². The van der Waals surface area contributed by atoms with Crippen molar-refractivity contribution in [2.45, 2.75) is 408 Å². The molecule has 3 unspecified atom stereocenters. The van der Waals surface area contributed by atoms with Gasteiger partial charge in [0.05, 0.1) is 26.4 Å². The van der Waals surface area contributed by atoms with Gasteiger partial charge in [-0.3, -0.25) is 37.3 Å². The predicted octanol–water partition coefficient (Wildman–Crippen LogP) is 22.4. The monoisotopic (exact) mass is 1410 g/mol. The summed E-state index contributed by atoms with van der Waals surface area (Å²) in [6.07, 6.45) is 51.6. The van der Waals surface area contributed by atoms with Gasteiger partial charge >= 0.3 is 39.5 Å². The topological polar surface area (TPSA) is 237 Å². The van der Waals surface area contributed by atoms with E-state index in [-0.39, 0.29) is 25.7 Å². The second-order valence-corrected chi connectivity index (χ2v) is 32.3. The molecule has 0 aromatic heterocycles. The van der Waals surface area contributed by atoms with Crippen LogP contribution in [0.15, 0.2) is 0 Å². The van der Waals surface area contributed by atoms with Gasteiger partial charge in [-0.25, -0.2) is 9.13 Å². The number of aliphatic hydroxyl groups excluding tert-OH is 1. The molecule has 0 saturated carbocycles. The summed E-state index contributed by atoms with van der Waals surface area (Å²) in [7, 11) is -9.91. The van der Waals surface area contributed by atoms with E-state index in [1.807, 2.05) is 0 Å². The van der Waals surface area contributed by atoms with Gasteiger partial charge in [-0.15, -0.1) is 0 Å². The molecule has 19 heteroatoms. The standard InChI is InChI=1S/C77H150O17P2/c1-9-70(8)56-48-40-35-36-42-50-58-75(80)88-64-73(94-77(82)60-52-44-34-28-31-39-47-55-69(6)7)66-92-96(85,86)90-62-71(78)61-89-95(83,84)91-65-72(63-87-74(79)57-49-41-32-26-22-18-15-14-17-21-25-30-38-46-54-68(4)5)93-76(81)59-51-43-33-27-23-19-13-11-10-12-16-20-24-29-37-45-53-67(2)3/h67-73,78H,9-66H2,1-8H3,(H,83,84)(H,85,86)/t70?,71-,72-,73-/m1/s1. The highest BCUT2D eigenvalue weighted by atomic mass is 31.2. The average molecular weight is 1410 g/mol. The lowest BCUT2D eigenvalue weighted by Gasteiger charge is -2.21. The molecule has 0 radical (unpaired) electrons. The van der Waals surface area contributed by atoms with Crippen molar-refractivity contribution >= 4 is 39.5 Å². The minimum absolute atomic E-state index is 0.102. The van der Waals surface area contributed by atoms with Crippen molar-refractivity contribution in [3.63, 3.8) is 0 Å². The van der Waals surface area contributed by atoms with Crippen molar-refractivity contribution < 1.29 is 80.2 Å². The third kappa shape index (κ3) is 69.2. The lowest BCUT2D eigenvalue weighted by Crippen LogP contribution is -2.30. The fourth-order valence-corrected chi connectivity index (χ4v) is 13.3. The first-order valence-corrected chi connectivity index (χ1v) is 42.7. The molecule has 570 valence electrons. The molecule has 96 heavy (non-hydrogen) atoms. The molecule has 0 bridgehead atoms. The van der Waals surface area contributed by atoms with Gasteiger partial charge in [0.1, 0.15) is 19.3 Å². The number of phosphoric acid groups is 2. The van der Waals surface area contributed by atoms with Crippen molar-refractivity contribution in [2.75, 3.05) is 39.6 Å². The quantitative estimate of drug-likeness (QED) is 0.0222. The first-order chi connectivity index (χ1) is 46.1. The number of unbranched alkanes of at least 4 members (excludes halogenated alkanes) is 39. The van der Waals surface area contributed by atoms with E-state index in [0.717, 1.165) is 114 Å². The van der Waals surface area contributed by atoms with E-state index in [1.165, 1.54) is 186 Å². The van der Waals surface area contributed by atoms with Gasteiger partial charge in [0.2, 0.25) is 0 Å². The Morgan fingerprint density at radius 1 is 0.292 bits per heavy atom. The minimum atomic E-state index is -4.96. The summed E-state index contributed by atoms with van der Waals surface area (Å²) < 4.78 is 68.5. The number of carbonyl (C=O) groups is 4. The summed E-state index contributed by atoms with van der Waals surface area (Å²) in [5.74, 6) is 0.912. The number of aliphatic hydroxyl groups is 1. The van der Waals surface area contributed by atoms with Crippen LogP contribution in [-0.2, 0) is 65.4 Å². The van der Waals surface area contributed by atoms with E-state index in [2.05, 4.69) is 55.4 Å². The summed E-state index contributed by atoms with van der Waals surface area (Å²) in [5, 5.41) is 10.6. The molecule has 0 saturated heterocycles. The molecule has 0 aliphatic heterocycles. The van der Waals surface area contributed by atoms with Gasteiger partial charge in [-0.2, -0.15) is 0 Å². The maximum Gasteiger partial charge on any atom is 0.472 e. The van der Waals surface area contributed by atoms with E-state index in [1.54, 1.807) is 0 Å². The molecule has 0 aromatic rings. The summed E-state index contributed by atoms with van der Waals surface area (Å²) in [6, 6.07) is 0. The first-order valence-electron chi connectivity index (χ1n) is 39.7. The average Bonchev–Trinajstić information content (AvgIpc) is 2.60. The Morgan fingerprint density at radius 3 is 0.740 bits per heavy atom. The number of rotatable bonds is 74. The van der Waals surface area contributed by atoms with Crippen molar-refractivity contribution in [1.29, 1.82) is 0 Å². The van der Waals surface area contributed by atoms with Crippen molar-refractivity contribution in [3.8, 4) is 0 Å². The molecule has 17 nitrogen and oxygen atoms in total. The maximum absolute atomic E-state index is 13.1. The Hall–Kier alpha value is -1.94. The molecule has 0 heterocycles. The molecular weight excluding hydrogens is 1260 g/mol. The fraction of sp³-hybridized carbons (Fsp3) is 0.948. The minimum Gasteiger partial charge on any atom is -0.462 e. The Bertz CT molecular complexity index is 1890. The zero-order valence-electron chi connectivity index (χ0n) is 63.0. The van der Waals surface area contributed by atoms with Crippen molar-refractivity contribution in [2.24, 2.45) is 23.7 Å². The summed E-state index contributed by atoms with van der Waals surface area (Å²) in [5.41, 5.74) is 0. The number of esters is 4. The number of carbonyl (C=O) groups excluding carboxylic acids is 4. The SMILES string of the molecule is CCC(C)CCCCCCCCC(=O)OC[C@H](COP(=O)(O)OC[C@H](O)COP(=O)(O)OC[C@@H](COC(=O)CCCCCCCCCCCCCCCCC(C)C)OC(=O)CCCCCCCCCCCCCCCCCCC(C)C)OC(=O)CCCCCCCCCC(C)C. The highest BCUT2D eigenvalue weighted by Gasteiger charge is 2.30. The highest BCUT2D eigenvalue weighted by molar-refractivity contribution is 7.47. The van der Waals surface area contributed by atoms with Gasteiger partial charge in [0.15, 0.2) is 12.2 Å². The van der Waals surface area contributed by atoms with E-state index in [4.69, 9.17) is 37.0 Å². The van der Waals surface area contributed by atoms with Crippen LogP contribution in [-0.4, -0.2) is 96.7 Å². The Kier molecular flexibility index (Phi) is 65.0. The maximum atomic E-state index is 13.1.